The van der Waals surface area contributed by atoms with Gasteiger partial charge in [0.25, 0.3) is 0 Å². The van der Waals surface area contributed by atoms with E-state index in [1.807, 2.05) is 6.07 Å². The minimum atomic E-state index is -4.19. The van der Waals surface area contributed by atoms with Gasteiger partial charge in [-0.3, -0.25) is 0 Å². The Bertz CT molecular complexity index is 418. The Morgan fingerprint density at radius 1 is 1.25 bits per heavy atom. The molecule has 16 heavy (non-hydrogen) atoms. The van der Waals surface area contributed by atoms with Crippen molar-refractivity contribution in [1.29, 1.82) is 5.26 Å². The fourth-order valence-corrected chi connectivity index (χ4v) is 1.57. The number of halogens is 3. The lowest BCUT2D eigenvalue weighted by Gasteiger charge is -2.02. The Hall–Kier alpha value is -1.54. The van der Waals surface area contributed by atoms with Gasteiger partial charge in [-0.25, -0.2) is 0 Å². The number of nitriles is 1. The number of alkyl halides is 3. The Morgan fingerprint density at radius 3 is 2.38 bits per heavy atom. The van der Waals surface area contributed by atoms with Crippen LogP contribution in [0.15, 0.2) is 24.3 Å². The van der Waals surface area contributed by atoms with Gasteiger partial charge in [0.05, 0.1) is 24.2 Å². The quantitative estimate of drug-likeness (QED) is 0.728. The molecule has 84 valence electrons. The first kappa shape index (κ1) is 11.0. The summed E-state index contributed by atoms with van der Waals surface area (Å²) in [5.74, 6) is 0. The molecule has 2 nitrogen and oxygen atoms in total. The number of rotatable bonds is 2. The Balaban J connectivity index is 1.99. The van der Waals surface area contributed by atoms with Crippen molar-refractivity contribution >= 4 is 0 Å². The lowest BCUT2D eigenvalue weighted by atomic mass is 10.1. The van der Waals surface area contributed by atoms with Crippen LogP contribution in [0.5, 0.6) is 0 Å². The van der Waals surface area contributed by atoms with Gasteiger partial charge < -0.3 is 4.74 Å². The molecule has 0 aromatic heterocycles. The first-order chi connectivity index (χ1) is 7.49. The highest BCUT2D eigenvalue weighted by Crippen LogP contribution is 2.44. The van der Waals surface area contributed by atoms with E-state index in [1.54, 1.807) is 24.3 Å². The smallest absolute Gasteiger partial charge is 0.364 e. The normalized spacial score (nSPS) is 23.9. The molecule has 5 heteroatoms. The van der Waals surface area contributed by atoms with Gasteiger partial charge in [0.2, 0.25) is 0 Å². The molecule has 0 aliphatic carbocycles. The molecule has 1 heterocycles. The maximum Gasteiger partial charge on any atom is 0.391 e. The van der Waals surface area contributed by atoms with E-state index in [1.165, 1.54) is 0 Å². The summed E-state index contributed by atoms with van der Waals surface area (Å²) in [4.78, 5) is 0. The standard InChI is InChI=1S/C11H8F3NO/c12-11(13,14)5-9-10(16-9)8-3-1-7(6-15)2-4-8/h1-4,9-10H,5H2/t9-,10-/m1/s1. The van der Waals surface area contributed by atoms with Gasteiger partial charge in [-0.2, -0.15) is 18.4 Å². The molecule has 1 fully saturated rings. The maximum atomic E-state index is 12.0. The molecule has 2 rings (SSSR count). The third-order valence-electron chi connectivity index (χ3n) is 2.38. The molecule has 0 bridgehead atoms. The molecule has 1 aromatic rings. The van der Waals surface area contributed by atoms with Gasteiger partial charge >= 0.3 is 6.18 Å². The molecular weight excluding hydrogens is 219 g/mol. The zero-order valence-electron chi connectivity index (χ0n) is 8.16. The van der Waals surface area contributed by atoms with Crippen LogP contribution in [0.1, 0.15) is 23.7 Å². The Labute approximate surface area is 90.3 Å². The number of epoxide rings is 1. The van der Waals surface area contributed by atoms with E-state index in [4.69, 9.17) is 10.00 Å². The fraction of sp³-hybridized carbons (Fsp3) is 0.364. The highest BCUT2D eigenvalue weighted by molar-refractivity contribution is 5.33. The maximum absolute atomic E-state index is 12.0. The third kappa shape index (κ3) is 2.52. The lowest BCUT2D eigenvalue weighted by Crippen LogP contribution is -2.11. The second kappa shape index (κ2) is 3.80. The van der Waals surface area contributed by atoms with Crippen LogP contribution in [0.2, 0.25) is 0 Å². The van der Waals surface area contributed by atoms with Crippen molar-refractivity contribution in [3.8, 4) is 6.07 Å². The van der Waals surface area contributed by atoms with E-state index < -0.39 is 24.8 Å². The fourth-order valence-electron chi connectivity index (χ4n) is 1.57. The van der Waals surface area contributed by atoms with Crippen molar-refractivity contribution in [3.63, 3.8) is 0 Å². The molecule has 0 saturated carbocycles. The summed E-state index contributed by atoms with van der Waals surface area (Å²) in [7, 11) is 0. The molecule has 1 aromatic carbocycles. The number of nitrogens with zero attached hydrogens (tertiary/aromatic N) is 1. The average Bonchev–Trinajstić information content (AvgIpc) is 2.95. The molecule has 1 aliphatic rings. The van der Waals surface area contributed by atoms with Crippen LogP contribution >= 0.6 is 0 Å². The van der Waals surface area contributed by atoms with Gasteiger partial charge in [-0.1, -0.05) is 12.1 Å². The highest BCUT2D eigenvalue weighted by Gasteiger charge is 2.47. The van der Waals surface area contributed by atoms with E-state index in [9.17, 15) is 13.2 Å². The zero-order chi connectivity index (χ0) is 11.8. The second-order valence-corrected chi connectivity index (χ2v) is 3.65. The van der Waals surface area contributed by atoms with Crippen LogP contribution in [0.4, 0.5) is 13.2 Å². The predicted molar refractivity (Wildman–Crippen MR) is 49.4 cm³/mol. The molecule has 0 amide bonds. The summed E-state index contributed by atoms with van der Waals surface area (Å²) >= 11 is 0. The highest BCUT2D eigenvalue weighted by atomic mass is 19.4. The van der Waals surface area contributed by atoms with Gasteiger partial charge in [0.15, 0.2) is 0 Å². The number of ether oxygens (including phenoxy) is 1. The van der Waals surface area contributed by atoms with E-state index in [-0.39, 0.29) is 0 Å². The summed E-state index contributed by atoms with van der Waals surface area (Å²) in [6, 6.07) is 8.33. The van der Waals surface area contributed by atoms with Crippen molar-refractivity contribution in [1.82, 2.24) is 0 Å². The summed E-state index contributed by atoms with van der Waals surface area (Å²) < 4.78 is 41.0. The Morgan fingerprint density at radius 2 is 1.88 bits per heavy atom. The van der Waals surface area contributed by atoms with Gasteiger partial charge in [-0.05, 0) is 17.7 Å². The van der Waals surface area contributed by atoms with Crippen LogP contribution in [-0.4, -0.2) is 12.3 Å². The van der Waals surface area contributed by atoms with E-state index in [0.29, 0.717) is 11.1 Å². The zero-order valence-corrected chi connectivity index (χ0v) is 8.16. The summed E-state index contributed by atoms with van der Waals surface area (Å²) in [5, 5.41) is 8.56. The number of hydrogen-bond donors (Lipinski definition) is 0. The minimum absolute atomic E-state index is 0.477. The van der Waals surface area contributed by atoms with Crippen LogP contribution in [0.3, 0.4) is 0 Å². The average molecular weight is 227 g/mol. The first-order valence-corrected chi connectivity index (χ1v) is 4.72. The Kier molecular flexibility index (Phi) is 2.60. The van der Waals surface area contributed by atoms with E-state index in [2.05, 4.69) is 0 Å². The van der Waals surface area contributed by atoms with E-state index >= 15 is 0 Å². The molecule has 0 radical (unpaired) electrons. The van der Waals surface area contributed by atoms with Crippen molar-refractivity contribution in [2.24, 2.45) is 0 Å². The lowest BCUT2D eigenvalue weighted by molar-refractivity contribution is -0.137. The SMILES string of the molecule is N#Cc1ccc([C@H]2O[C@@H]2CC(F)(F)F)cc1. The van der Waals surface area contributed by atoms with Crippen molar-refractivity contribution in [3.05, 3.63) is 35.4 Å². The summed E-state index contributed by atoms with van der Waals surface area (Å²) in [6.07, 6.45) is -6.36. The molecular formula is C11H8F3NO. The van der Waals surface area contributed by atoms with Gasteiger partial charge in [0.1, 0.15) is 6.10 Å². The second-order valence-electron chi connectivity index (χ2n) is 3.65. The minimum Gasteiger partial charge on any atom is -0.364 e. The summed E-state index contributed by atoms with van der Waals surface area (Å²) in [6.45, 7) is 0. The topological polar surface area (TPSA) is 36.3 Å². The predicted octanol–water partition coefficient (Wildman–Crippen LogP) is 2.95. The molecule has 2 atom stereocenters. The molecule has 1 aliphatic heterocycles. The monoisotopic (exact) mass is 227 g/mol. The molecule has 0 N–H and O–H groups in total. The first-order valence-electron chi connectivity index (χ1n) is 4.72. The molecule has 0 unspecified atom stereocenters. The van der Waals surface area contributed by atoms with E-state index in [0.717, 1.165) is 0 Å². The number of hydrogen-bond acceptors (Lipinski definition) is 2. The van der Waals surface area contributed by atoms with Crippen LogP contribution in [0, 0.1) is 11.3 Å². The van der Waals surface area contributed by atoms with Crippen LogP contribution in [-0.2, 0) is 4.74 Å². The third-order valence-corrected chi connectivity index (χ3v) is 2.38. The van der Waals surface area contributed by atoms with Crippen molar-refractivity contribution in [2.75, 3.05) is 0 Å². The molecule has 1 saturated heterocycles. The van der Waals surface area contributed by atoms with Crippen molar-refractivity contribution < 1.29 is 17.9 Å². The molecule has 0 spiro atoms. The number of benzene rings is 1. The van der Waals surface area contributed by atoms with Crippen LogP contribution in [0.25, 0.3) is 0 Å². The van der Waals surface area contributed by atoms with Crippen molar-refractivity contribution in [2.45, 2.75) is 24.8 Å². The van der Waals surface area contributed by atoms with Gasteiger partial charge in [0, 0.05) is 0 Å². The largest absolute Gasteiger partial charge is 0.391 e. The van der Waals surface area contributed by atoms with Crippen LogP contribution < -0.4 is 0 Å². The summed E-state index contributed by atoms with van der Waals surface area (Å²) in [5.41, 5.74) is 1.17. The van der Waals surface area contributed by atoms with Gasteiger partial charge in [-0.15, -0.1) is 0 Å².